The van der Waals surface area contributed by atoms with E-state index in [1.54, 1.807) is 6.20 Å². The van der Waals surface area contributed by atoms with E-state index < -0.39 is 11.9 Å². The molecule has 82 valence electrons. The number of aromatic nitrogens is 1. The van der Waals surface area contributed by atoms with Crippen molar-refractivity contribution in [1.29, 1.82) is 0 Å². The summed E-state index contributed by atoms with van der Waals surface area (Å²) in [5.74, 6) is -0.236. The molecule has 1 rings (SSSR count). The first-order chi connectivity index (χ1) is 7.11. The topological polar surface area (TPSA) is 71.1 Å². The van der Waals surface area contributed by atoms with Crippen LogP contribution in [0.3, 0.4) is 0 Å². The molecule has 0 fully saturated rings. The number of alkyl halides is 1. The van der Waals surface area contributed by atoms with Gasteiger partial charge in [-0.1, -0.05) is 11.3 Å². The summed E-state index contributed by atoms with van der Waals surface area (Å²) < 4.78 is 0.796. The molecule has 5 nitrogen and oxygen atoms in total. The van der Waals surface area contributed by atoms with Crippen molar-refractivity contribution in [1.82, 2.24) is 10.3 Å². The first-order valence-electron chi connectivity index (χ1n) is 3.90. The number of rotatable bonds is 3. The second-order valence-corrected chi connectivity index (χ2v) is 5.20. The molecular weight excluding hydrogens is 306 g/mol. The lowest BCUT2D eigenvalue weighted by atomic mass is 10.4. The molecule has 15 heavy (non-hydrogen) atoms. The average molecular weight is 313 g/mol. The quantitative estimate of drug-likeness (QED) is 0.840. The highest BCUT2D eigenvalue weighted by Crippen LogP contribution is 2.22. The van der Waals surface area contributed by atoms with Crippen LogP contribution in [0.5, 0.6) is 0 Å². The number of hydrogen-bond acceptors (Lipinski definition) is 4. The number of amides is 3. The first kappa shape index (κ1) is 12.4. The van der Waals surface area contributed by atoms with Gasteiger partial charge in [0.15, 0.2) is 5.13 Å². The Balaban J connectivity index is 2.39. The zero-order valence-corrected chi connectivity index (χ0v) is 10.6. The second kappa shape index (κ2) is 6.04. The minimum absolute atomic E-state index is 0.108. The number of carbonyl (C=O) groups is 2. The van der Waals surface area contributed by atoms with Crippen molar-refractivity contribution in [2.45, 2.75) is 6.42 Å². The third kappa shape index (κ3) is 4.59. The summed E-state index contributed by atoms with van der Waals surface area (Å²) >= 11 is 9.78. The second-order valence-electron chi connectivity index (χ2n) is 2.41. The van der Waals surface area contributed by atoms with Crippen LogP contribution in [-0.4, -0.2) is 22.8 Å². The van der Waals surface area contributed by atoms with Gasteiger partial charge in [-0.3, -0.25) is 15.4 Å². The van der Waals surface area contributed by atoms with E-state index in [0.717, 1.165) is 3.79 Å². The molecule has 8 heteroatoms. The van der Waals surface area contributed by atoms with E-state index in [1.807, 2.05) is 0 Å². The van der Waals surface area contributed by atoms with Crippen LogP contribution in [0.25, 0.3) is 0 Å². The van der Waals surface area contributed by atoms with Crippen LogP contribution < -0.4 is 10.6 Å². The number of anilines is 1. The maximum absolute atomic E-state index is 11.2. The lowest BCUT2D eigenvalue weighted by molar-refractivity contribution is -0.119. The fourth-order valence-electron chi connectivity index (χ4n) is 0.716. The Morgan fingerprint density at radius 1 is 1.60 bits per heavy atom. The number of carbonyl (C=O) groups excluding carboxylic acids is 2. The Bertz CT molecular complexity index is 371. The molecule has 0 atom stereocenters. The predicted molar refractivity (Wildman–Crippen MR) is 62.3 cm³/mol. The molecule has 0 saturated heterocycles. The lowest BCUT2D eigenvalue weighted by Gasteiger charge is -2.02. The van der Waals surface area contributed by atoms with Gasteiger partial charge >= 0.3 is 6.03 Å². The van der Waals surface area contributed by atoms with Gasteiger partial charge in [-0.2, -0.15) is 0 Å². The van der Waals surface area contributed by atoms with Crippen LogP contribution in [0, 0.1) is 0 Å². The molecule has 0 unspecified atom stereocenters. The SMILES string of the molecule is O=C(CCCl)NC(=O)Nc1ncc(Br)s1. The zero-order valence-electron chi connectivity index (χ0n) is 7.42. The summed E-state index contributed by atoms with van der Waals surface area (Å²) in [6.45, 7) is 0. The third-order valence-corrected chi connectivity index (χ3v) is 2.85. The van der Waals surface area contributed by atoms with Crippen LogP contribution in [0.15, 0.2) is 9.98 Å². The average Bonchev–Trinajstić information content (AvgIpc) is 2.51. The summed E-state index contributed by atoms with van der Waals surface area (Å²) in [5, 5.41) is 4.95. The lowest BCUT2D eigenvalue weighted by Crippen LogP contribution is -2.34. The van der Waals surface area contributed by atoms with Crippen molar-refractivity contribution < 1.29 is 9.59 Å². The molecule has 3 amide bonds. The van der Waals surface area contributed by atoms with Crippen LogP contribution >= 0.6 is 38.9 Å². The van der Waals surface area contributed by atoms with Crippen molar-refractivity contribution in [2.75, 3.05) is 11.2 Å². The normalized spacial score (nSPS) is 9.73. The summed E-state index contributed by atoms with van der Waals surface area (Å²) in [4.78, 5) is 26.0. The molecule has 0 aliphatic heterocycles. The maximum Gasteiger partial charge on any atom is 0.327 e. The van der Waals surface area contributed by atoms with E-state index in [2.05, 4.69) is 31.5 Å². The maximum atomic E-state index is 11.2. The highest BCUT2D eigenvalue weighted by Gasteiger charge is 2.08. The fourth-order valence-corrected chi connectivity index (χ4v) is 1.99. The molecule has 0 aliphatic rings. The molecule has 1 aromatic heterocycles. The van der Waals surface area contributed by atoms with Crippen molar-refractivity contribution in [2.24, 2.45) is 0 Å². The van der Waals surface area contributed by atoms with Crippen molar-refractivity contribution in [3.8, 4) is 0 Å². The van der Waals surface area contributed by atoms with Gasteiger partial charge in [-0.25, -0.2) is 9.78 Å². The van der Waals surface area contributed by atoms with Crippen molar-refractivity contribution >= 4 is 55.9 Å². The number of hydrogen-bond donors (Lipinski definition) is 2. The minimum Gasteiger partial charge on any atom is -0.283 e. The number of imide groups is 1. The zero-order chi connectivity index (χ0) is 11.3. The highest BCUT2D eigenvalue weighted by molar-refractivity contribution is 9.11. The number of nitrogens with zero attached hydrogens (tertiary/aromatic N) is 1. The van der Waals surface area contributed by atoms with E-state index in [4.69, 9.17) is 11.6 Å². The Morgan fingerprint density at radius 3 is 2.87 bits per heavy atom. The van der Waals surface area contributed by atoms with Gasteiger partial charge in [0, 0.05) is 12.3 Å². The van der Waals surface area contributed by atoms with Crippen LogP contribution in [-0.2, 0) is 4.79 Å². The number of halogens is 2. The van der Waals surface area contributed by atoms with Gasteiger partial charge in [0.05, 0.1) is 9.98 Å². The molecule has 0 radical (unpaired) electrons. The Labute approximate surface area is 103 Å². The molecule has 0 aliphatic carbocycles. The largest absolute Gasteiger partial charge is 0.327 e. The van der Waals surface area contributed by atoms with Gasteiger partial charge in [0.2, 0.25) is 5.91 Å². The van der Waals surface area contributed by atoms with Crippen molar-refractivity contribution in [3.05, 3.63) is 9.98 Å². The van der Waals surface area contributed by atoms with Gasteiger partial charge in [-0.05, 0) is 15.9 Å². The predicted octanol–water partition coefficient (Wildman–Crippen LogP) is 2.18. The molecule has 0 bridgehead atoms. The molecule has 0 saturated carbocycles. The Hall–Kier alpha value is -0.660. The molecule has 0 spiro atoms. The van der Waals surface area contributed by atoms with E-state index in [1.165, 1.54) is 11.3 Å². The Morgan fingerprint density at radius 2 is 2.33 bits per heavy atom. The number of urea groups is 1. The monoisotopic (exact) mass is 311 g/mol. The molecule has 1 aromatic rings. The van der Waals surface area contributed by atoms with Crippen molar-refractivity contribution in [3.63, 3.8) is 0 Å². The van der Waals surface area contributed by atoms with Crippen LogP contribution in [0.4, 0.5) is 9.93 Å². The molecule has 0 aromatic carbocycles. The fraction of sp³-hybridized carbons (Fsp3) is 0.286. The van der Waals surface area contributed by atoms with Crippen LogP contribution in [0.2, 0.25) is 0 Å². The van der Waals surface area contributed by atoms with Gasteiger partial charge in [0.25, 0.3) is 0 Å². The summed E-state index contributed by atoms with van der Waals surface area (Å²) in [5.41, 5.74) is 0. The smallest absolute Gasteiger partial charge is 0.283 e. The number of thiazole rings is 1. The van der Waals surface area contributed by atoms with E-state index in [0.29, 0.717) is 5.13 Å². The standard InChI is InChI=1S/C7H7BrClN3O2S/c8-4-3-10-7(15-4)12-6(14)11-5(13)1-2-9/h3H,1-2H2,(H2,10,11,12,13,14). The van der Waals surface area contributed by atoms with Gasteiger partial charge in [-0.15, -0.1) is 11.6 Å². The Kier molecular flexibility index (Phi) is 5.00. The first-order valence-corrected chi connectivity index (χ1v) is 6.04. The molecule has 1 heterocycles. The molecule has 2 N–H and O–H groups in total. The highest BCUT2D eigenvalue weighted by atomic mass is 79.9. The van der Waals surface area contributed by atoms with Crippen LogP contribution in [0.1, 0.15) is 6.42 Å². The van der Waals surface area contributed by atoms with E-state index in [9.17, 15) is 9.59 Å². The number of nitrogens with one attached hydrogen (secondary N) is 2. The summed E-state index contributed by atoms with van der Waals surface area (Å²) in [6.07, 6.45) is 1.66. The minimum atomic E-state index is -0.605. The van der Waals surface area contributed by atoms with Gasteiger partial charge in [0.1, 0.15) is 0 Å². The third-order valence-electron chi connectivity index (χ3n) is 1.27. The summed E-state index contributed by atoms with van der Waals surface area (Å²) in [6, 6.07) is -0.605. The summed E-state index contributed by atoms with van der Waals surface area (Å²) in [7, 11) is 0. The van der Waals surface area contributed by atoms with E-state index >= 15 is 0 Å². The molecular formula is C7H7BrClN3O2S. The van der Waals surface area contributed by atoms with Gasteiger partial charge < -0.3 is 0 Å². The van der Waals surface area contributed by atoms with E-state index in [-0.39, 0.29) is 12.3 Å².